The lowest BCUT2D eigenvalue weighted by Crippen LogP contribution is -2.30. The highest BCUT2D eigenvalue weighted by atomic mass is 16.4. The minimum absolute atomic E-state index is 0.250. The van der Waals surface area contributed by atoms with Crippen LogP contribution in [-0.2, 0) is 4.79 Å². The molecule has 1 aliphatic heterocycles. The molecular formula is C8H17NO3. The third-order valence-corrected chi connectivity index (χ3v) is 1.65. The van der Waals surface area contributed by atoms with E-state index < -0.39 is 5.97 Å². The molecule has 0 atom stereocenters. The van der Waals surface area contributed by atoms with Crippen LogP contribution < -0.4 is 0 Å². The number of carbonyl (C=O) groups is 1. The SMILES string of the molecule is CC(=O)O.OCN1CCCCC1. The van der Waals surface area contributed by atoms with E-state index in [4.69, 9.17) is 15.0 Å². The highest BCUT2D eigenvalue weighted by molar-refractivity contribution is 5.62. The predicted octanol–water partition coefficient (Wildman–Crippen LogP) is 0.513. The Labute approximate surface area is 72.8 Å². The van der Waals surface area contributed by atoms with E-state index >= 15 is 0 Å². The molecule has 0 radical (unpaired) electrons. The van der Waals surface area contributed by atoms with Gasteiger partial charge in [-0.2, -0.15) is 0 Å². The number of aliphatic hydroxyl groups is 1. The molecule has 0 aromatic heterocycles. The third-order valence-electron chi connectivity index (χ3n) is 1.65. The number of carboxylic acids is 1. The van der Waals surface area contributed by atoms with Crippen LogP contribution in [-0.4, -0.2) is 40.9 Å². The summed E-state index contributed by atoms with van der Waals surface area (Å²) in [5.74, 6) is -0.833. The van der Waals surface area contributed by atoms with Crippen molar-refractivity contribution in [1.82, 2.24) is 4.90 Å². The van der Waals surface area contributed by atoms with E-state index in [2.05, 4.69) is 4.90 Å². The molecule has 1 fully saturated rings. The predicted molar refractivity (Wildman–Crippen MR) is 45.8 cm³/mol. The molecular weight excluding hydrogens is 158 g/mol. The molecule has 0 amide bonds. The van der Waals surface area contributed by atoms with Crippen molar-refractivity contribution in [3.05, 3.63) is 0 Å². The molecule has 1 aliphatic rings. The number of hydrogen-bond acceptors (Lipinski definition) is 3. The zero-order valence-electron chi connectivity index (χ0n) is 7.49. The van der Waals surface area contributed by atoms with Crippen molar-refractivity contribution >= 4 is 5.97 Å². The highest BCUT2D eigenvalue weighted by Crippen LogP contribution is 2.06. The smallest absolute Gasteiger partial charge is 0.300 e. The maximum Gasteiger partial charge on any atom is 0.300 e. The van der Waals surface area contributed by atoms with Crippen molar-refractivity contribution in [2.45, 2.75) is 26.2 Å². The number of piperidine rings is 1. The van der Waals surface area contributed by atoms with Crippen LogP contribution in [0, 0.1) is 0 Å². The summed E-state index contributed by atoms with van der Waals surface area (Å²) in [6.07, 6.45) is 3.87. The summed E-state index contributed by atoms with van der Waals surface area (Å²) in [7, 11) is 0. The summed E-state index contributed by atoms with van der Waals surface area (Å²) in [6.45, 7) is 3.52. The van der Waals surface area contributed by atoms with E-state index in [1.807, 2.05) is 0 Å². The van der Waals surface area contributed by atoms with E-state index in [9.17, 15) is 0 Å². The Balaban J connectivity index is 0.000000261. The van der Waals surface area contributed by atoms with Crippen molar-refractivity contribution in [2.75, 3.05) is 19.8 Å². The van der Waals surface area contributed by atoms with Gasteiger partial charge in [-0.25, -0.2) is 0 Å². The molecule has 4 heteroatoms. The minimum Gasteiger partial charge on any atom is -0.481 e. The number of carboxylic acid groups (broad SMARTS) is 1. The fourth-order valence-electron chi connectivity index (χ4n) is 1.10. The van der Waals surface area contributed by atoms with E-state index in [0.29, 0.717) is 0 Å². The Morgan fingerprint density at radius 2 is 1.75 bits per heavy atom. The molecule has 0 aromatic rings. The second-order valence-corrected chi connectivity index (χ2v) is 2.84. The van der Waals surface area contributed by atoms with Gasteiger partial charge in [0.25, 0.3) is 5.97 Å². The third kappa shape index (κ3) is 7.50. The van der Waals surface area contributed by atoms with Crippen LogP contribution >= 0.6 is 0 Å². The molecule has 1 rings (SSSR count). The van der Waals surface area contributed by atoms with Gasteiger partial charge in [0, 0.05) is 20.0 Å². The molecule has 0 unspecified atom stereocenters. The maximum absolute atomic E-state index is 9.00. The van der Waals surface area contributed by atoms with Crippen LogP contribution in [0.3, 0.4) is 0 Å². The van der Waals surface area contributed by atoms with Gasteiger partial charge in [-0.15, -0.1) is 0 Å². The summed E-state index contributed by atoms with van der Waals surface area (Å²) in [4.78, 5) is 11.1. The summed E-state index contributed by atoms with van der Waals surface area (Å²) >= 11 is 0. The maximum atomic E-state index is 9.00. The number of aliphatic carboxylic acids is 1. The number of hydrogen-bond donors (Lipinski definition) is 2. The Bertz CT molecular complexity index is 117. The molecule has 4 nitrogen and oxygen atoms in total. The van der Waals surface area contributed by atoms with Gasteiger partial charge < -0.3 is 10.2 Å². The molecule has 2 N–H and O–H groups in total. The van der Waals surface area contributed by atoms with Gasteiger partial charge in [0.1, 0.15) is 0 Å². The summed E-state index contributed by atoms with van der Waals surface area (Å²) in [5.41, 5.74) is 0. The standard InChI is InChI=1S/C6H13NO.C2H4O2/c8-6-7-4-2-1-3-5-7;1-2(3)4/h8H,1-6H2;1H3,(H,3,4). The van der Waals surface area contributed by atoms with Gasteiger partial charge in [-0.3, -0.25) is 9.69 Å². The number of rotatable bonds is 1. The lowest BCUT2D eigenvalue weighted by molar-refractivity contribution is -0.134. The van der Waals surface area contributed by atoms with Crippen molar-refractivity contribution < 1.29 is 15.0 Å². The molecule has 0 bridgehead atoms. The molecule has 0 aromatic carbocycles. The Hall–Kier alpha value is -0.610. The molecule has 72 valence electrons. The van der Waals surface area contributed by atoms with Crippen LogP contribution in [0.15, 0.2) is 0 Å². The van der Waals surface area contributed by atoms with Gasteiger partial charge in [0.05, 0.1) is 6.73 Å². The Kier molecular flexibility index (Phi) is 6.70. The average Bonchev–Trinajstić information content (AvgIpc) is 2.05. The van der Waals surface area contributed by atoms with Gasteiger partial charge in [0.15, 0.2) is 0 Å². The quantitative estimate of drug-likeness (QED) is 0.609. The Morgan fingerprint density at radius 3 is 2.00 bits per heavy atom. The Morgan fingerprint density at radius 1 is 1.33 bits per heavy atom. The summed E-state index contributed by atoms with van der Waals surface area (Å²) in [6, 6.07) is 0. The van der Waals surface area contributed by atoms with Crippen LogP contribution in [0.5, 0.6) is 0 Å². The van der Waals surface area contributed by atoms with E-state index in [1.165, 1.54) is 19.3 Å². The van der Waals surface area contributed by atoms with Gasteiger partial charge in [0.2, 0.25) is 0 Å². The first-order valence-electron chi connectivity index (χ1n) is 4.19. The first kappa shape index (κ1) is 11.4. The molecule has 0 aliphatic carbocycles. The highest BCUT2D eigenvalue weighted by Gasteiger charge is 2.06. The minimum atomic E-state index is -0.833. The van der Waals surface area contributed by atoms with Gasteiger partial charge in [-0.1, -0.05) is 6.42 Å². The fourth-order valence-corrected chi connectivity index (χ4v) is 1.10. The van der Waals surface area contributed by atoms with Crippen LogP contribution in [0.25, 0.3) is 0 Å². The van der Waals surface area contributed by atoms with Crippen molar-refractivity contribution in [1.29, 1.82) is 0 Å². The van der Waals surface area contributed by atoms with Gasteiger partial charge >= 0.3 is 0 Å². The zero-order chi connectivity index (χ0) is 9.40. The molecule has 1 saturated heterocycles. The second-order valence-electron chi connectivity index (χ2n) is 2.84. The normalized spacial score (nSPS) is 17.8. The lowest BCUT2D eigenvalue weighted by atomic mass is 10.1. The van der Waals surface area contributed by atoms with Crippen LogP contribution in [0.1, 0.15) is 26.2 Å². The van der Waals surface area contributed by atoms with Crippen LogP contribution in [0.4, 0.5) is 0 Å². The molecule has 0 saturated carbocycles. The number of nitrogens with zero attached hydrogens (tertiary/aromatic N) is 1. The van der Waals surface area contributed by atoms with Crippen molar-refractivity contribution in [2.24, 2.45) is 0 Å². The van der Waals surface area contributed by atoms with Gasteiger partial charge in [-0.05, 0) is 12.8 Å². The fraction of sp³-hybridized carbons (Fsp3) is 0.875. The van der Waals surface area contributed by atoms with Crippen LogP contribution in [0.2, 0.25) is 0 Å². The number of aliphatic hydroxyl groups excluding tert-OH is 1. The van der Waals surface area contributed by atoms with Crippen molar-refractivity contribution in [3.63, 3.8) is 0 Å². The first-order chi connectivity index (χ1) is 5.66. The van der Waals surface area contributed by atoms with E-state index in [0.717, 1.165) is 20.0 Å². The molecule has 0 spiro atoms. The summed E-state index contributed by atoms with van der Waals surface area (Å²) in [5, 5.41) is 16.0. The molecule has 12 heavy (non-hydrogen) atoms. The molecule has 1 heterocycles. The average molecular weight is 175 g/mol. The lowest BCUT2D eigenvalue weighted by Gasteiger charge is -2.23. The topological polar surface area (TPSA) is 60.8 Å². The second kappa shape index (κ2) is 7.06. The van der Waals surface area contributed by atoms with E-state index in [-0.39, 0.29) is 6.73 Å². The monoisotopic (exact) mass is 175 g/mol. The van der Waals surface area contributed by atoms with E-state index in [1.54, 1.807) is 0 Å². The zero-order valence-corrected chi connectivity index (χ0v) is 7.49. The largest absolute Gasteiger partial charge is 0.481 e. The number of likely N-dealkylation sites (tertiary alicyclic amines) is 1. The first-order valence-corrected chi connectivity index (χ1v) is 4.19. The van der Waals surface area contributed by atoms with Crippen molar-refractivity contribution in [3.8, 4) is 0 Å². The summed E-state index contributed by atoms with van der Waals surface area (Å²) < 4.78 is 0.